The Balaban J connectivity index is 2.66. The summed E-state index contributed by atoms with van der Waals surface area (Å²) < 4.78 is 11.7. The van der Waals surface area contributed by atoms with Crippen LogP contribution in [0.2, 0.25) is 0 Å². The summed E-state index contributed by atoms with van der Waals surface area (Å²) in [7, 11) is 1.63. The summed E-state index contributed by atoms with van der Waals surface area (Å²) in [5, 5.41) is 0. The molecule has 1 rings (SSSR count). The van der Waals surface area contributed by atoms with Crippen molar-refractivity contribution >= 4 is 22.0 Å². The van der Waals surface area contributed by atoms with Crippen molar-refractivity contribution in [3.05, 3.63) is 22.2 Å². The van der Waals surface area contributed by atoms with Gasteiger partial charge in [-0.1, -0.05) is 33.7 Å². The van der Waals surface area contributed by atoms with Crippen molar-refractivity contribution in [3.8, 4) is 0 Å². The van der Waals surface area contributed by atoms with Gasteiger partial charge in [-0.3, -0.25) is 0 Å². The standard InChI is InChI=1S/C15H24BrNO3/c1-15(2,3)20-14(18)17(9-10-19-4)11-12-5-7-13(16)8-6-12/h5,7H,6,8-11H2,1-4H3. The Bertz CT molecular complexity index is 396. The molecule has 0 heterocycles. The molecular weight excluding hydrogens is 322 g/mol. The van der Waals surface area contributed by atoms with Crippen LogP contribution in [0.15, 0.2) is 22.2 Å². The molecule has 20 heavy (non-hydrogen) atoms. The Morgan fingerprint density at radius 3 is 2.55 bits per heavy atom. The third-order valence-electron chi connectivity index (χ3n) is 2.80. The number of hydrogen-bond donors (Lipinski definition) is 0. The predicted octanol–water partition coefficient (Wildman–Crippen LogP) is 3.87. The summed E-state index contributed by atoms with van der Waals surface area (Å²) in [6.45, 7) is 7.26. The highest BCUT2D eigenvalue weighted by Crippen LogP contribution is 2.23. The van der Waals surface area contributed by atoms with Crippen LogP contribution in [0.1, 0.15) is 33.6 Å². The van der Waals surface area contributed by atoms with E-state index in [4.69, 9.17) is 9.47 Å². The van der Waals surface area contributed by atoms with Crippen LogP contribution in [0, 0.1) is 0 Å². The van der Waals surface area contributed by atoms with Crippen molar-refractivity contribution in [3.63, 3.8) is 0 Å². The van der Waals surface area contributed by atoms with Gasteiger partial charge >= 0.3 is 6.09 Å². The van der Waals surface area contributed by atoms with E-state index in [2.05, 4.69) is 22.0 Å². The Hall–Kier alpha value is -0.810. The van der Waals surface area contributed by atoms with Crippen molar-refractivity contribution in [2.75, 3.05) is 26.8 Å². The highest BCUT2D eigenvalue weighted by molar-refractivity contribution is 9.11. The van der Waals surface area contributed by atoms with Gasteiger partial charge in [-0.2, -0.15) is 0 Å². The summed E-state index contributed by atoms with van der Waals surface area (Å²) >= 11 is 3.48. The number of amides is 1. The van der Waals surface area contributed by atoms with E-state index in [1.807, 2.05) is 26.8 Å². The van der Waals surface area contributed by atoms with Gasteiger partial charge in [-0.15, -0.1) is 0 Å². The molecule has 0 fully saturated rings. The van der Waals surface area contributed by atoms with Gasteiger partial charge in [-0.25, -0.2) is 4.79 Å². The van der Waals surface area contributed by atoms with Gasteiger partial charge in [0.2, 0.25) is 0 Å². The molecule has 0 saturated carbocycles. The lowest BCUT2D eigenvalue weighted by Crippen LogP contribution is -2.39. The second kappa shape index (κ2) is 7.84. The zero-order valence-corrected chi connectivity index (χ0v) is 14.3. The van der Waals surface area contributed by atoms with Crippen LogP contribution in [-0.2, 0) is 9.47 Å². The summed E-state index contributed by atoms with van der Waals surface area (Å²) in [5.41, 5.74) is 0.752. The SMILES string of the molecule is COCCN(CC1=CC=C(Br)CC1)C(=O)OC(C)(C)C. The first-order chi connectivity index (χ1) is 9.31. The van der Waals surface area contributed by atoms with E-state index in [0.717, 1.165) is 12.8 Å². The fraction of sp³-hybridized carbons (Fsp3) is 0.667. The average molecular weight is 346 g/mol. The molecule has 0 bridgehead atoms. The predicted molar refractivity (Wildman–Crippen MR) is 84.0 cm³/mol. The average Bonchev–Trinajstić information content (AvgIpc) is 2.34. The molecule has 0 radical (unpaired) electrons. The van der Waals surface area contributed by atoms with Crippen molar-refractivity contribution in [2.45, 2.75) is 39.2 Å². The fourth-order valence-corrected chi connectivity index (χ4v) is 2.13. The lowest BCUT2D eigenvalue weighted by Gasteiger charge is -2.28. The number of methoxy groups -OCH3 is 1. The molecule has 0 N–H and O–H groups in total. The number of carbonyl (C=O) groups is 1. The Morgan fingerprint density at radius 2 is 2.05 bits per heavy atom. The Morgan fingerprint density at radius 1 is 1.35 bits per heavy atom. The van der Waals surface area contributed by atoms with E-state index in [1.165, 1.54) is 10.1 Å². The van der Waals surface area contributed by atoms with Crippen LogP contribution in [0.25, 0.3) is 0 Å². The first-order valence-corrected chi connectivity index (χ1v) is 7.62. The lowest BCUT2D eigenvalue weighted by molar-refractivity contribution is 0.0219. The number of hydrogen-bond acceptors (Lipinski definition) is 3. The van der Waals surface area contributed by atoms with Gasteiger partial charge in [0.15, 0.2) is 0 Å². The second-order valence-electron chi connectivity index (χ2n) is 5.83. The van der Waals surface area contributed by atoms with Crippen molar-refractivity contribution in [2.24, 2.45) is 0 Å². The highest BCUT2D eigenvalue weighted by Gasteiger charge is 2.22. The van der Waals surface area contributed by atoms with Crippen molar-refractivity contribution < 1.29 is 14.3 Å². The third kappa shape index (κ3) is 6.57. The molecule has 4 nitrogen and oxygen atoms in total. The molecule has 114 valence electrons. The van der Waals surface area contributed by atoms with Gasteiger partial charge in [0.1, 0.15) is 5.60 Å². The molecule has 0 atom stereocenters. The van der Waals surface area contributed by atoms with Crippen LogP contribution < -0.4 is 0 Å². The molecule has 0 aromatic rings. The topological polar surface area (TPSA) is 38.8 Å². The van der Waals surface area contributed by atoms with Crippen LogP contribution >= 0.6 is 15.9 Å². The molecule has 0 aromatic heterocycles. The highest BCUT2D eigenvalue weighted by atomic mass is 79.9. The summed E-state index contributed by atoms with van der Waals surface area (Å²) in [6.07, 6.45) is 5.77. The van der Waals surface area contributed by atoms with Crippen LogP contribution in [-0.4, -0.2) is 43.4 Å². The number of halogens is 1. The van der Waals surface area contributed by atoms with Gasteiger partial charge in [-0.05, 0) is 38.1 Å². The largest absolute Gasteiger partial charge is 0.444 e. The van der Waals surface area contributed by atoms with Gasteiger partial charge in [0, 0.05) is 20.2 Å². The van der Waals surface area contributed by atoms with Crippen molar-refractivity contribution in [1.82, 2.24) is 4.90 Å². The minimum Gasteiger partial charge on any atom is -0.444 e. The van der Waals surface area contributed by atoms with E-state index < -0.39 is 5.60 Å². The molecule has 1 amide bonds. The Kier molecular flexibility index (Phi) is 6.76. The van der Waals surface area contributed by atoms with Crippen LogP contribution in [0.4, 0.5) is 4.79 Å². The van der Waals surface area contributed by atoms with Gasteiger partial charge < -0.3 is 14.4 Å². The van der Waals surface area contributed by atoms with Gasteiger partial charge in [0.05, 0.1) is 6.61 Å². The monoisotopic (exact) mass is 345 g/mol. The molecule has 0 spiro atoms. The molecule has 0 aromatic carbocycles. The van der Waals surface area contributed by atoms with E-state index in [9.17, 15) is 4.79 Å². The van der Waals surface area contributed by atoms with E-state index >= 15 is 0 Å². The summed E-state index contributed by atoms with van der Waals surface area (Å²) in [5.74, 6) is 0. The zero-order valence-electron chi connectivity index (χ0n) is 12.7. The summed E-state index contributed by atoms with van der Waals surface area (Å²) in [4.78, 5) is 13.9. The number of carbonyl (C=O) groups excluding carboxylic acids is 1. The molecule has 5 heteroatoms. The molecular formula is C15H24BrNO3. The molecule has 1 aliphatic rings. The maximum absolute atomic E-state index is 12.2. The van der Waals surface area contributed by atoms with E-state index in [1.54, 1.807) is 12.0 Å². The lowest BCUT2D eigenvalue weighted by atomic mass is 10.0. The smallest absolute Gasteiger partial charge is 0.410 e. The van der Waals surface area contributed by atoms with Gasteiger partial charge in [0.25, 0.3) is 0 Å². The fourth-order valence-electron chi connectivity index (χ4n) is 1.79. The zero-order chi connectivity index (χ0) is 15.2. The number of ether oxygens (including phenoxy) is 2. The van der Waals surface area contributed by atoms with E-state index in [0.29, 0.717) is 19.7 Å². The number of rotatable bonds is 5. The molecule has 0 unspecified atom stereocenters. The third-order valence-corrected chi connectivity index (χ3v) is 3.46. The Labute approximate surface area is 129 Å². The van der Waals surface area contributed by atoms with Crippen LogP contribution in [0.3, 0.4) is 0 Å². The molecule has 0 aliphatic heterocycles. The normalized spacial score (nSPS) is 15.4. The second-order valence-corrected chi connectivity index (χ2v) is 6.85. The molecule has 1 aliphatic carbocycles. The minimum atomic E-state index is -0.480. The number of nitrogens with zero attached hydrogens (tertiary/aromatic N) is 1. The quantitative estimate of drug-likeness (QED) is 0.759. The maximum atomic E-state index is 12.2. The molecule has 0 saturated heterocycles. The van der Waals surface area contributed by atoms with Crippen molar-refractivity contribution in [1.29, 1.82) is 0 Å². The maximum Gasteiger partial charge on any atom is 0.410 e. The number of allylic oxidation sites excluding steroid dienone is 3. The van der Waals surface area contributed by atoms with E-state index in [-0.39, 0.29) is 6.09 Å². The minimum absolute atomic E-state index is 0.288. The summed E-state index contributed by atoms with van der Waals surface area (Å²) in [6, 6.07) is 0. The first kappa shape index (κ1) is 17.2. The first-order valence-electron chi connectivity index (χ1n) is 6.83. The van der Waals surface area contributed by atoms with Crippen LogP contribution in [0.5, 0.6) is 0 Å².